The molecule has 2 aliphatic rings. The summed E-state index contributed by atoms with van der Waals surface area (Å²) in [6, 6.07) is 14.7. The summed E-state index contributed by atoms with van der Waals surface area (Å²) in [5.74, 6) is 1.23. The van der Waals surface area contributed by atoms with Gasteiger partial charge in [0.2, 0.25) is 5.91 Å². The average molecular weight is 507 g/mol. The minimum atomic E-state index is -0.609. The summed E-state index contributed by atoms with van der Waals surface area (Å²) >= 11 is 6.19. The van der Waals surface area contributed by atoms with Gasteiger partial charge in [-0.15, -0.1) is 0 Å². The topological polar surface area (TPSA) is 68.4 Å². The lowest BCUT2D eigenvalue weighted by atomic mass is 9.79. The second kappa shape index (κ2) is 11.1. The van der Waals surface area contributed by atoms with Gasteiger partial charge in [0.25, 0.3) is 5.91 Å². The summed E-state index contributed by atoms with van der Waals surface area (Å²) in [6.07, 6.45) is 6.81. The number of halogens is 1. The van der Waals surface area contributed by atoms with Crippen molar-refractivity contribution >= 4 is 34.3 Å². The van der Waals surface area contributed by atoms with E-state index in [9.17, 15) is 9.59 Å². The number of likely N-dealkylation sites (tertiary alicyclic amines) is 2. The number of rotatable bonds is 6. The SMILES string of the molecule is CN1CCC(C2CCN(C(=O)[C@@H](Cc3ccccc3)NC(=O)c3ccc4c(Cl)c[nH]c4c3)CC2)CC1. The number of aromatic amines is 1. The molecule has 2 aliphatic heterocycles. The molecule has 0 radical (unpaired) electrons. The highest BCUT2D eigenvalue weighted by Crippen LogP contribution is 2.32. The molecule has 2 saturated heterocycles. The maximum Gasteiger partial charge on any atom is 0.252 e. The molecule has 0 aliphatic carbocycles. The Bertz CT molecular complexity index is 1190. The number of carbonyl (C=O) groups excluding carboxylic acids is 2. The quantitative estimate of drug-likeness (QED) is 0.507. The number of hydrogen-bond donors (Lipinski definition) is 2. The van der Waals surface area contributed by atoms with Gasteiger partial charge in [-0.3, -0.25) is 9.59 Å². The van der Waals surface area contributed by atoms with Crippen LogP contribution in [0.2, 0.25) is 5.02 Å². The number of carbonyl (C=O) groups is 2. The van der Waals surface area contributed by atoms with E-state index in [-0.39, 0.29) is 11.8 Å². The fraction of sp³-hybridized carbons (Fsp3) is 0.448. The minimum absolute atomic E-state index is 0.0121. The lowest BCUT2D eigenvalue weighted by molar-refractivity contribution is -0.135. The van der Waals surface area contributed by atoms with E-state index in [0.29, 0.717) is 22.9 Å². The van der Waals surface area contributed by atoms with Crippen molar-refractivity contribution in [1.29, 1.82) is 0 Å². The third-order valence-electron chi connectivity index (χ3n) is 8.06. The summed E-state index contributed by atoms with van der Waals surface area (Å²) in [5.41, 5.74) is 2.34. The summed E-state index contributed by atoms with van der Waals surface area (Å²) in [7, 11) is 2.20. The van der Waals surface area contributed by atoms with Crippen LogP contribution in [0, 0.1) is 11.8 Å². The first-order chi connectivity index (χ1) is 17.5. The first-order valence-corrected chi connectivity index (χ1v) is 13.4. The van der Waals surface area contributed by atoms with Gasteiger partial charge in [-0.25, -0.2) is 0 Å². The summed E-state index contributed by atoms with van der Waals surface area (Å²) in [4.78, 5) is 34.4. The Morgan fingerprint density at radius 2 is 1.67 bits per heavy atom. The maximum absolute atomic E-state index is 13.7. The predicted molar refractivity (Wildman–Crippen MR) is 144 cm³/mol. The molecule has 2 fully saturated rings. The largest absolute Gasteiger partial charge is 0.360 e. The standard InChI is InChI=1S/C29H35ClN4O2/c1-33-13-9-21(10-14-33)22-11-15-34(16-12-22)29(36)27(17-20-5-3-2-4-6-20)32-28(35)23-7-8-24-25(30)19-31-26(24)18-23/h2-8,18-19,21-22,27,31H,9-17H2,1H3,(H,32,35)/t27-/m1/s1. The molecule has 36 heavy (non-hydrogen) atoms. The van der Waals surface area contributed by atoms with Gasteiger partial charge >= 0.3 is 0 Å². The van der Waals surface area contributed by atoms with Crippen LogP contribution < -0.4 is 5.32 Å². The lowest BCUT2D eigenvalue weighted by Crippen LogP contribution is -2.52. The smallest absolute Gasteiger partial charge is 0.252 e. The Hall–Kier alpha value is -2.83. The van der Waals surface area contributed by atoms with E-state index < -0.39 is 6.04 Å². The molecule has 5 rings (SSSR count). The maximum atomic E-state index is 13.7. The normalized spacial score (nSPS) is 18.9. The van der Waals surface area contributed by atoms with Crippen molar-refractivity contribution in [2.75, 3.05) is 33.2 Å². The monoisotopic (exact) mass is 506 g/mol. The summed E-state index contributed by atoms with van der Waals surface area (Å²) in [6.45, 7) is 3.89. The van der Waals surface area contributed by atoms with Crippen molar-refractivity contribution in [2.45, 2.75) is 38.1 Å². The number of hydrogen-bond acceptors (Lipinski definition) is 3. The van der Waals surface area contributed by atoms with Gasteiger partial charge in [0.05, 0.1) is 5.02 Å². The van der Waals surface area contributed by atoms with Crippen molar-refractivity contribution in [2.24, 2.45) is 11.8 Å². The zero-order chi connectivity index (χ0) is 25.1. The molecular weight excluding hydrogens is 472 g/mol. The molecule has 1 aromatic heterocycles. The molecule has 3 heterocycles. The number of nitrogens with zero attached hydrogens (tertiary/aromatic N) is 2. The van der Waals surface area contributed by atoms with Gasteiger partial charge in [0, 0.05) is 42.2 Å². The Balaban J connectivity index is 1.27. The number of nitrogens with one attached hydrogen (secondary N) is 2. The van der Waals surface area contributed by atoms with Gasteiger partial charge in [0.1, 0.15) is 6.04 Å². The molecule has 2 amide bonds. The molecule has 2 N–H and O–H groups in total. The van der Waals surface area contributed by atoms with Crippen LogP contribution in [0.3, 0.4) is 0 Å². The third-order valence-corrected chi connectivity index (χ3v) is 8.37. The Morgan fingerprint density at radius 3 is 2.36 bits per heavy atom. The van der Waals surface area contributed by atoms with Crippen molar-refractivity contribution in [3.05, 3.63) is 70.9 Å². The summed E-state index contributed by atoms with van der Waals surface area (Å²) < 4.78 is 0. The molecule has 1 atom stereocenters. The summed E-state index contributed by atoms with van der Waals surface area (Å²) in [5, 5.41) is 4.54. The molecular formula is C29H35ClN4O2. The highest BCUT2D eigenvalue weighted by atomic mass is 35.5. The van der Waals surface area contributed by atoms with Crippen LogP contribution in [0.4, 0.5) is 0 Å². The molecule has 0 spiro atoms. The highest BCUT2D eigenvalue weighted by Gasteiger charge is 2.33. The molecule has 190 valence electrons. The molecule has 3 aromatic rings. The van der Waals surface area contributed by atoms with E-state index in [2.05, 4.69) is 22.2 Å². The number of amides is 2. The molecule has 2 aromatic carbocycles. The fourth-order valence-corrected chi connectivity index (χ4v) is 6.05. The molecule has 7 heteroatoms. The number of aromatic nitrogens is 1. The van der Waals surface area contributed by atoms with E-state index in [1.54, 1.807) is 18.3 Å². The Labute approximate surface area is 218 Å². The van der Waals surface area contributed by atoms with E-state index in [4.69, 9.17) is 11.6 Å². The number of fused-ring (bicyclic) bond motifs is 1. The van der Waals surface area contributed by atoms with Gasteiger partial charge in [-0.2, -0.15) is 0 Å². The molecule has 0 saturated carbocycles. The molecule has 0 bridgehead atoms. The van der Waals surface area contributed by atoms with Crippen molar-refractivity contribution < 1.29 is 9.59 Å². The van der Waals surface area contributed by atoms with Crippen molar-refractivity contribution in [3.8, 4) is 0 Å². The van der Waals surface area contributed by atoms with Gasteiger partial charge < -0.3 is 20.1 Å². The first-order valence-electron chi connectivity index (χ1n) is 13.1. The van der Waals surface area contributed by atoms with Crippen LogP contribution in [0.1, 0.15) is 41.6 Å². The predicted octanol–water partition coefficient (Wildman–Crippen LogP) is 4.74. The number of piperidine rings is 2. The van der Waals surface area contributed by atoms with E-state index in [1.807, 2.05) is 41.3 Å². The van der Waals surface area contributed by atoms with Crippen LogP contribution in [-0.2, 0) is 11.2 Å². The number of H-pyrrole nitrogens is 1. The zero-order valence-electron chi connectivity index (χ0n) is 20.9. The van der Waals surface area contributed by atoms with Gasteiger partial charge in [0.15, 0.2) is 0 Å². The van der Waals surface area contributed by atoms with E-state index in [1.165, 1.54) is 25.9 Å². The van der Waals surface area contributed by atoms with Crippen molar-refractivity contribution in [3.63, 3.8) is 0 Å². The first kappa shape index (κ1) is 24.8. The molecule has 6 nitrogen and oxygen atoms in total. The van der Waals surface area contributed by atoms with Crippen LogP contribution in [0.25, 0.3) is 10.9 Å². The van der Waals surface area contributed by atoms with E-state index in [0.717, 1.165) is 48.3 Å². The lowest BCUT2D eigenvalue weighted by Gasteiger charge is -2.40. The van der Waals surface area contributed by atoms with E-state index >= 15 is 0 Å². The van der Waals surface area contributed by atoms with Crippen LogP contribution in [0.15, 0.2) is 54.7 Å². The fourth-order valence-electron chi connectivity index (χ4n) is 5.84. The number of benzene rings is 2. The van der Waals surface area contributed by atoms with Crippen LogP contribution >= 0.6 is 11.6 Å². The zero-order valence-corrected chi connectivity index (χ0v) is 21.6. The second-order valence-corrected chi connectivity index (χ2v) is 10.8. The van der Waals surface area contributed by atoms with Crippen LogP contribution in [0.5, 0.6) is 0 Å². The average Bonchev–Trinajstić information content (AvgIpc) is 3.29. The van der Waals surface area contributed by atoms with Gasteiger partial charge in [-0.1, -0.05) is 48.0 Å². The minimum Gasteiger partial charge on any atom is -0.360 e. The van der Waals surface area contributed by atoms with Gasteiger partial charge in [-0.05, 0) is 75.4 Å². The second-order valence-electron chi connectivity index (χ2n) is 10.4. The molecule has 0 unspecified atom stereocenters. The van der Waals surface area contributed by atoms with Crippen molar-refractivity contribution in [1.82, 2.24) is 20.1 Å². The Kier molecular flexibility index (Phi) is 7.63. The van der Waals surface area contributed by atoms with Crippen LogP contribution in [-0.4, -0.2) is 65.9 Å². The third kappa shape index (κ3) is 5.60. The Morgan fingerprint density at radius 1 is 1.00 bits per heavy atom. The highest BCUT2D eigenvalue weighted by molar-refractivity contribution is 6.35.